The van der Waals surface area contributed by atoms with Gasteiger partial charge in [-0.2, -0.15) is 0 Å². The smallest absolute Gasteiger partial charge is 0.234 e. The second-order valence-corrected chi connectivity index (χ2v) is 8.95. The molecular formula is C25H29N5O2S. The maximum atomic E-state index is 12.6. The number of aryl methyl sites for hydroxylation is 2. The molecule has 0 atom stereocenters. The van der Waals surface area contributed by atoms with Crippen molar-refractivity contribution in [2.24, 2.45) is 0 Å². The standard InChI is InChI=1S/C25H29N5O2S/c1-18-8-9-20(19(2)16-18)28-23(31)17-33-25-24(26-10-11-27-25)30-14-12-29(13-15-30)21-6-4-5-7-22(21)32-3/h4-11,16H,12-15,17H2,1-3H3,(H,28,31). The van der Waals surface area contributed by atoms with E-state index in [0.717, 1.165) is 59.7 Å². The Hall–Kier alpha value is -3.26. The summed E-state index contributed by atoms with van der Waals surface area (Å²) in [4.78, 5) is 26.2. The minimum Gasteiger partial charge on any atom is -0.495 e. The minimum atomic E-state index is -0.0513. The number of nitrogens with one attached hydrogen (secondary N) is 1. The summed E-state index contributed by atoms with van der Waals surface area (Å²) >= 11 is 1.42. The van der Waals surface area contributed by atoms with Crippen LogP contribution in [-0.2, 0) is 4.79 Å². The summed E-state index contributed by atoms with van der Waals surface area (Å²) in [6.07, 6.45) is 3.39. The highest BCUT2D eigenvalue weighted by molar-refractivity contribution is 8.00. The second kappa shape index (κ2) is 10.6. The first kappa shape index (κ1) is 22.9. The van der Waals surface area contributed by atoms with Gasteiger partial charge in [-0.05, 0) is 37.6 Å². The molecule has 0 spiro atoms. The Bertz CT molecular complexity index is 1120. The summed E-state index contributed by atoms with van der Waals surface area (Å²) in [6, 6.07) is 14.1. The molecule has 1 saturated heterocycles. The summed E-state index contributed by atoms with van der Waals surface area (Å²) in [5.74, 6) is 1.95. The fourth-order valence-corrected chi connectivity index (χ4v) is 4.75. The van der Waals surface area contributed by atoms with Crippen LogP contribution in [0.2, 0.25) is 0 Å². The number of nitrogens with zero attached hydrogens (tertiary/aromatic N) is 4. The van der Waals surface area contributed by atoms with E-state index in [9.17, 15) is 4.79 Å². The van der Waals surface area contributed by atoms with Crippen molar-refractivity contribution in [3.63, 3.8) is 0 Å². The monoisotopic (exact) mass is 463 g/mol. The number of ether oxygens (including phenoxy) is 1. The van der Waals surface area contributed by atoms with E-state index >= 15 is 0 Å². The second-order valence-electron chi connectivity index (χ2n) is 7.99. The number of amides is 1. The lowest BCUT2D eigenvalue weighted by atomic mass is 10.1. The molecule has 8 heteroatoms. The molecule has 4 rings (SSSR count). The Kier molecular flexibility index (Phi) is 7.34. The fraction of sp³-hybridized carbons (Fsp3) is 0.320. The molecule has 7 nitrogen and oxygen atoms in total. The van der Waals surface area contributed by atoms with E-state index in [4.69, 9.17) is 4.74 Å². The van der Waals surface area contributed by atoms with Crippen LogP contribution >= 0.6 is 11.8 Å². The molecule has 0 unspecified atom stereocenters. The van der Waals surface area contributed by atoms with Crippen molar-refractivity contribution in [1.29, 1.82) is 0 Å². The number of hydrogen-bond donors (Lipinski definition) is 1. The Morgan fingerprint density at radius 3 is 2.52 bits per heavy atom. The topological polar surface area (TPSA) is 70.6 Å². The predicted octanol–water partition coefficient (Wildman–Crippen LogP) is 4.16. The van der Waals surface area contributed by atoms with Crippen molar-refractivity contribution in [2.75, 3.05) is 54.2 Å². The van der Waals surface area contributed by atoms with Gasteiger partial charge in [0.25, 0.3) is 0 Å². The van der Waals surface area contributed by atoms with Crippen LogP contribution in [0.1, 0.15) is 11.1 Å². The lowest BCUT2D eigenvalue weighted by molar-refractivity contribution is -0.113. The van der Waals surface area contributed by atoms with Crippen molar-refractivity contribution in [2.45, 2.75) is 18.9 Å². The van der Waals surface area contributed by atoms with E-state index in [1.54, 1.807) is 19.5 Å². The Labute approximate surface area is 199 Å². The van der Waals surface area contributed by atoms with Gasteiger partial charge in [0.05, 0.1) is 18.6 Å². The van der Waals surface area contributed by atoms with Crippen molar-refractivity contribution < 1.29 is 9.53 Å². The molecule has 2 aromatic carbocycles. The van der Waals surface area contributed by atoms with Crippen molar-refractivity contribution >= 4 is 34.9 Å². The number of carbonyl (C=O) groups is 1. The molecule has 1 N–H and O–H groups in total. The normalized spacial score (nSPS) is 13.7. The first-order chi connectivity index (χ1) is 16.0. The maximum Gasteiger partial charge on any atom is 0.234 e. The van der Waals surface area contributed by atoms with E-state index < -0.39 is 0 Å². The maximum absolute atomic E-state index is 12.6. The molecule has 2 heterocycles. The number of carbonyl (C=O) groups excluding carboxylic acids is 1. The Morgan fingerprint density at radius 1 is 1.03 bits per heavy atom. The van der Waals surface area contributed by atoms with Crippen LogP contribution in [0.5, 0.6) is 5.75 Å². The Morgan fingerprint density at radius 2 is 1.76 bits per heavy atom. The predicted molar refractivity (Wildman–Crippen MR) is 135 cm³/mol. The zero-order chi connectivity index (χ0) is 23.2. The number of para-hydroxylation sites is 2. The van der Waals surface area contributed by atoms with Gasteiger partial charge in [-0.3, -0.25) is 4.79 Å². The van der Waals surface area contributed by atoms with Gasteiger partial charge < -0.3 is 19.9 Å². The molecule has 3 aromatic rings. The lowest BCUT2D eigenvalue weighted by Crippen LogP contribution is -2.47. The number of rotatable bonds is 7. The highest BCUT2D eigenvalue weighted by atomic mass is 32.2. The van der Waals surface area contributed by atoms with Crippen molar-refractivity contribution in [3.05, 3.63) is 66.0 Å². The summed E-state index contributed by atoms with van der Waals surface area (Å²) in [6.45, 7) is 7.39. The zero-order valence-corrected chi connectivity index (χ0v) is 20.1. The van der Waals surface area contributed by atoms with Gasteiger partial charge in [-0.25, -0.2) is 9.97 Å². The zero-order valence-electron chi connectivity index (χ0n) is 19.2. The first-order valence-corrected chi connectivity index (χ1v) is 12.0. The van der Waals surface area contributed by atoms with Crippen LogP contribution in [0.15, 0.2) is 59.9 Å². The fourth-order valence-electron chi connectivity index (χ4n) is 3.96. The average molecular weight is 464 g/mol. The third-order valence-corrected chi connectivity index (χ3v) is 6.62. The van der Waals surface area contributed by atoms with Crippen molar-refractivity contribution in [1.82, 2.24) is 9.97 Å². The molecule has 33 heavy (non-hydrogen) atoms. The lowest BCUT2D eigenvalue weighted by Gasteiger charge is -2.37. The van der Waals surface area contributed by atoms with Gasteiger partial charge in [0.15, 0.2) is 5.82 Å². The van der Waals surface area contributed by atoms with Gasteiger partial charge in [0.2, 0.25) is 5.91 Å². The molecule has 1 aliphatic rings. The summed E-state index contributed by atoms with van der Waals surface area (Å²) in [7, 11) is 1.70. The first-order valence-electron chi connectivity index (χ1n) is 11.0. The number of aromatic nitrogens is 2. The van der Waals surface area contributed by atoms with Crippen LogP contribution in [0.3, 0.4) is 0 Å². The van der Waals surface area contributed by atoms with E-state index in [1.165, 1.54) is 17.3 Å². The van der Waals surface area contributed by atoms with Gasteiger partial charge in [0, 0.05) is 44.3 Å². The molecule has 0 aliphatic carbocycles. The highest BCUT2D eigenvalue weighted by Crippen LogP contribution is 2.31. The van der Waals surface area contributed by atoms with Gasteiger partial charge in [-0.1, -0.05) is 41.6 Å². The van der Waals surface area contributed by atoms with E-state index in [0.29, 0.717) is 0 Å². The number of piperazine rings is 1. The van der Waals surface area contributed by atoms with Crippen LogP contribution in [0, 0.1) is 13.8 Å². The molecule has 1 amide bonds. The molecule has 0 bridgehead atoms. The largest absolute Gasteiger partial charge is 0.495 e. The average Bonchev–Trinajstić information content (AvgIpc) is 2.85. The quantitative estimate of drug-likeness (QED) is 0.528. The number of benzene rings is 2. The summed E-state index contributed by atoms with van der Waals surface area (Å²) < 4.78 is 5.52. The molecular weight excluding hydrogens is 434 g/mol. The number of methoxy groups -OCH3 is 1. The van der Waals surface area contributed by atoms with Gasteiger partial charge >= 0.3 is 0 Å². The third kappa shape index (κ3) is 5.57. The van der Waals surface area contributed by atoms with E-state index in [2.05, 4.69) is 37.2 Å². The molecule has 1 aliphatic heterocycles. The third-order valence-electron chi connectivity index (χ3n) is 5.65. The van der Waals surface area contributed by atoms with Gasteiger partial charge in [-0.15, -0.1) is 0 Å². The number of anilines is 3. The summed E-state index contributed by atoms with van der Waals surface area (Å²) in [5.41, 5.74) is 4.19. The molecule has 1 fully saturated rings. The van der Waals surface area contributed by atoms with Crippen LogP contribution < -0.4 is 19.9 Å². The number of thioether (sulfide) groups is 1. The minimum absolute atomic E-state index is 0.0513. The van der Waals surface area contributed by atoms with Crippen LogP contribution in [0.25, 0.3) is 0 Å². The molecule has 0 radical (unpaired) electrons. The molecule has 1 aromatic heterocycles. The molecule has 172 valence electrons. The van der Waals surface area contributed by atoms with Crippen LogP contribution in [-0.4, -0.2) is 54.9 Å². The van der Waals surface area contributed by atoms with Gasteiger partial charge in [0.1, 0.15) is 10.8 Å². The summed E-state index contributed by atoms with van der Waals surface area (Å²) in [5, 5.41) is 3.78. The molecule has 0 saturated carbocycles. The van der Waals surface area contributed by atoms with Crippen LogP contribution in [0.4, 0.5) is 17.2 Å². The van der Waals surface area contributed by atoms with E-state index in [1.807, 2.05) is 44.2 Å². The highest BCUT2D eigenvalue weighted by Gasteiger charge is 2.23. The van der Waals surface area contributed by atoms with Crippen molar-refractivity contribution in [3.8, 4) is 5.75 Å². The number of hydrogen-bond acceptors (Lipinski definition) is 7. The Balaban J connectivity index is 1.37. The SMILES string of the molecule is COc1ccccc1N1CCN(c2nccnc2SCC(=O)Nc2ccc(C)cc2C)CC1. The van der Waals surface area contributed by atoms with E-state index in [-0.39, 0.29) is 11.7 Å².